The number of carbonyl (C=O) groups excluding carboxylic acids is 6. The Kier molecular flexibility index (Phi) is 25.4. The second-order valence-electron chi connectivity index (χ2n) is 14.0. The number of fused-ring (bicyclic) bond motifs is 1. The number of benzene rings is 1. The number of ether oxygens (including phenoxy) is 6. The predicted octanol–water partition coefficient (Wildman–Crippen LogP) is 0.422. The van der Waals surface area contributed by atoms with E-state index < -0.39 is 12.1 Å². The zero-order chi connectivity index (χ0) is 44.2. The Labute approximate surface area is 361 Å². The molecule has 0 spiro atoms. The highest BCUT2D eigenvalue weighted by Gasteiger charge is 2.40. The molecule has 344 valence electrons. The van der Waals surface area contributed by atoms with Crippen molar-refractivity contribution in [2.75, 3.05) is 117 Å². The van der Waals surface area contributed by atoms with Gasteiger partial charge in [0.1, 0.15) is 24.1 Å². The zero-order valence-corrected chi connectivity index (χ0v) is 36.4. The van der Waals surface area contributed by atoms with Crippen LogP contribution in [0.2, 0.25) is 0 Å². The first-order chi connectivity index (χ1) is 29.6. The van der Waals surface area contributed by atoms with Gasteiger partial charge in [0, 0.05) is 69.9 Å². The molecular weight excluding hydrogens is 821 g/mol. The predicted molar refractivity (Wildman–Crippen MR) is 224 cm³/mol. The van der Waals surface area contributed by atoms with Gasteiger partial charge in [0.05, 0.1) is 84.4 Å². The summed E-state index contributed by atoms with van der Waals surface area (Å²) in [4.78, 5) is 77.9. The van der Waals surface area contributed by atoms with Gasteiger partial charge in [0.15, 0.2) is 23.1 Å². The number of Topliss-reactive ketones (excluding diaryl/α,β-unsaturated/α-hetero) is 3. The summed E-state index contributed by atoms with van der Waals surface area (Å²) in [6, 6.07) is 1.82. The first-order valence-corrected chi connectivity index (χ1v) is 22.0. The highest BCUT2D eigenvalue weighted by atomic mass is 32.2. The van der Waals surface area contributed by atoms with E-state index in [0.717, 1.165) is 6.42 Å². The van der Waals surface area contributed by atoms with Gasteiger partial charge in [-0.15, -0.1) is 5.23 Å². The van der Waals surface area contributed by atoms with Gasteiger partial charge >= 0.3 is 0 Å². The molecule has 0 radical (unpaired) electrons. The van der Waals surface area contributed by atoms with Crippen molar-refractivity contribution in [1.29, 1.82) is 0 Å². The summed E-state index contributed by atoms with van der Waals surface area (Å²) in [6.45, 7) is 6.35. The molecule has 3 amide bonds. The van der Waals surface area contributed by atoms with Gasteiger partial charge in [-0.05, 0) is 25.2 Å². The van der Waals surface area contributed by atoms with Gasteiger partial charge in [0.25, 0.3) is 0 Å². The molecule has 0 aromatic heterocycles. The van der Waals surface area contributed by atoms with Crippen molar-refractivity contribution in [3.05, 3.63) is 17.7 Å². The Morgan fingerprint density at radius 1 is 0.803 bits per heavy atom. The summed E-state index contributed by atoms with van der Waals surface area (Å²) in [5, 5.41) is 25.0. The van der Waals surface area contributed by atoms with Crippen LogP contribution in [0.5, 0.6) is 11.5 Å². The smallest absolute Gasteiger partial charge is 0.222 e. The van der Waals surface area contributed by atoms with E-state index >= 15 is 0 Å². The van der Waals surface area contributed by atoms with Crippen LogP contribution in [0.3, 0.4) is 0 Å². The van der Waals surface area contributed by atoms with E-state index in [1.54, 1.807) is 18.4 Å². The van der Waals surface area contributed by atoms with Crippen LogP contribution >= 0.6 is 11.8 Å². The molecule has 1 saturated carbocycles. The summed E-state index contributed by atoms with van der Waals surface area (Å²) < 4.78 is 33.4. The SMILES string of the molecule is CCCC(=O)NCCNCC(=O)CCCOc1cc2c(cc1OC)C(NC(=O)CCOCCOCCOCCOCCNC(=O)CCNC1C(=O)CC(SC)C1=O)CON2O. The van der Waals surface area contributed by atoms with Gasteiger partial charge < -0.3 is 55.0 Å². The standard InChI is InChI=1S/C40H64N6O14S/c1-4-6-36(49)42-12-11-41-26-28(47)7-5-14-59-34-24-31-29(23-33(34)54-2)30(27-60-46(31)53)45-38(51)9-15-55-17-19-57-21-22-58-20-18-56-16-13-43-37(50)8-10-44-39-32(48)25-35(61-3)40(39)52/h23-24,30,35,39,41,44,53H,4-22,25-27H2,1-3H3,(H,42,49)(H,43,50)(H,45,51). The van der Waals surface area contributed by atoms with Crippen LogP contribution in [0.15, 0.2) is 12.1 Å². The van der Waals surface area contributed by atoms with Crippen LogP contribution in [0.4, 0.5) is 5.69 Å². The molecule has 61 heavy (non-hydrogen) atoms. The van der Waals surface area contributed by atoms with Gasteiger partial charge in [-0.1, -0.05) is 6.92 Å². The molecule has 1 heterocycles. The van der Waals surface area contributed by atoms with E-state index in [1.807, 2.05) is 6.92 Å². The highest BCUT2D eigenvalue weighted by Crippen LogP contribution is 2.40. The molecular formula is C40H64N6O14S. The molecule has 20 nitrogen and oxygen atoms in total. The number of ketones is 3. The Hall–Kier alpha value is -3.93. The maximum atomic E-state index is 12.7. The lowest BCUT2D eigenvalue weighted by molar-refractivity contribution is -0.126. The van der Waals surface area contributed by atoms with Crippen molar-refractivity contribution in [2.45, 2.75) is 69.2 Å². The van der Waals surface area contributed by atoms with Crippen LogP contribution < -0.4 is 41.3 Å². The monoisotopic (exact) mass is 884 g/mol. The van der Waals surface area contributed by atoms with Gasteiger partial charge in [0.2, 0.25) is 17.7 Å². The first kappa shape index (κ1) is 51.4. The number of nitrogens with zero attached hydrogens (tertiary/aromatic N) is 1. The number of nitrogens with one attached hydrogen (secondary N) is 5. The summed E-state index contributed by atoms with van der Waals surface area (Å²) in [7, 11) is 1.48. The van der Waals surface area contributed by atoms with E-state index in [9.17, 15) is 34.0 Å². The van der Waals surface area contributed by atoms with Crippen molar-refractivity contribution in [2.24, 2.45) is 0 Å². The number of thioether (sulfide) groups is 1. The minimum absolute atomic E-state index is 0.00440. The largest absolute Gasteiger partial charge is 0.493 e. The van der Waals surface area contributed by atoms with Gasteiger partial charge in [-0.3, -0.25) is 34.0 Å². The van der Waals surface area contributed by atoms with E-state index in [0.29, 0.717) is 101 Å². The van der Waals surface area contributed by atoms with E-state index in [1.165, 1.54) is 18.9 Å². The Morgan fingerprint density at radius 2 is 1.48 bits per heavy atom. The van der Waals surface area contributed by atoms with Crippen molar-refractivity contribution in [3.8, 4) is 11.5 Å². The van der Waals surface area contributed by atoms with Crippen LogP contribution in [0.1, 0.15) is 63.5 Å². The summed E-state index contributed by atoms with van der Waals surface area (Å²) in [5.74, 6) is 0.00546. The summed E-state index contributed by atoms with van der Waals surface area (Å²) in [5.41, 5.74) is 0.838. The number of hydrogen-bond acceptors (Lipinski definition) is 18. The van der Waals surface area contributed by atoms with Gasteiger partial charge in [-0.2, -0.15) is 11.8 Å². The number of carbonyl (C=O) groups is 6. The summed E-state index contributed by atoms with van der Waals surface area (Å²) >= 11 is 1.37. The summed E-state index contributed by atoms with van der Waals surface area (Å²) in [6.07, 6.45) is 4.29. The molecule has 1 fully saturated rings. The number of amides is 3. The maximum absolute atomic E-state index is 12.7. The second kappa shape index (κ2) is 30.2. The molecule has 1 aliphatic heterocycles. The lowest BCUT2D eigenvalue weighted by Crippen LogP contribution is -2.41. The van der Waals surface area contributed by atoms with Crippen molar-refractivity contribution < 1.29 is 67.2 Å². The normalized spacial score (nSPS) is 17.2. The topological polar surface area (TPSA) is 251 Å². The highest BCUT2D eigenvalue weighted by molar-refractivity contribution is 8.00. The van der Waals surface area contributed by atoms with Gasteiger partial charge in [-0.25, -0.2) is 4.84 Å². The van der Waals surface area contributed by atoms with Crippen molar-refractivity contribution in [1.82, 2.24) is 26.6 Å². The Morgan fingerprint density at radius 3 is 2.15 bits per heavy atom. The maximum Gasteiger partial charge on any atom is 0.222 e. The van der Waals surface area contributed by atoms with E-state index in [2.05, 4.69) is 26.6 Å². The minimum atomic E-state index is -0.814. The lowest BCUT2D eigenvalue weighted by atomic mass is 10.0. The molecule has 21 heteroatoms. The fraction of sp³-hybridized carbons (Fsp3) is 0.700. The van der Waals surface area contributed by atoms with E-state index in [4.69, 9.17) is 33.3 Å². The molecule has 1 aliphatic carbocycles. The number of hydrogen-bond donors (Lipinski definition) is 6. The third kappa shape index (κ3) is 19.8. The van der Waals surface area contributed by atoms with Crippen molar-refractivity contribution in [3.63, 3.8) is 0 Å². The molecule has 6 N–H and O–H groups in total. The average molecular weight is 885 g/mol. The first-order valence-electron chi connectivity index (χ1n) is 20.7. The molecule has 3 rings (SSSR count). The molecule has 2 aliphatic rings. The molecule has 1 aromatic rings. The zero-order valence-electron chi connectivity index (χ0n) is 35.6. The Bertz CT molecular complexity index is 1540. The number of anilines is 1. The van der Waals surface area contributed by atoms with E-state index in [-0.39, 0.29) is 105 Å². The molecule has 3 atom stereocenters. The fourth-order valence-electron chi connectivity index (χ4n) is 6.11. The van der Waals surface area contributed by atoms with Crippen LogP contribution in [-0.2, 0) is 52.6 Å². The molecule has 1 aromatic carbocycles. The van der Waals surface area contributed by atoms with Crippen molar-refractivity contribution >= 4 is 52.5 Å². The van der Waals surface area contributed by atoms with Crippen LogP contribution in [0, 0.1) is 0 Å². The third-order valence-corrected chi connectivity index (χ3v) is 10.3. The molecule has 0 bridgehead atoms. The van der Waals surface area contributed by atoms with Crippen LogP contribution in [-0.4, -0.2) is 164 Å². The quantitative estimate of drug-likeness (QED) is 0.0405. The third-order valence-electron chi connectivity index (χ3n) is 9.33. The molecule has 3 unspecified atom stereocenters. The average Bonchev–Trinajstić information content (AvgIpc) is 3.52. The van der Waals surface area contributed by atoms with Crippen LogP contribution in [0.25, 0.3) is 0 Å². The number of methoxy groups -OCH3 is 1. The number of rotatable bonds is 34. The lowest BCUT2D eigenvalue weighted by Gasteiger charge is -2.31. The minimum Gasteiger partial charge on any atom is -0.493 e. The molecule has 0 saturated heterocycles. The fourth-order valence-corrected chi connectivity index (χ4v) is 6.81. The Balaban J connectivity index is 1.18. The second-order valence-corrected chi connectivity index (χ2v) is 15.0.